The maximum absolute atomic E-state index is 11.1. The molecule has 0 aliphatic heterocycles. The third-order valence-electron chi connectivity index (χ3n) is 2.02. The highest BCUT2D eigenvalue weighted by atomic mass is 32.2. The van der Waals surface area contributed by atoms with Gasteiger partial charge in [0.25, 0.3) is 0 Å². The minimum atomic E-state index is -0.787. The highest BCUT2D eigenvalue weighted by Gasteiger charge is 2.12. The molecule has 0 aromatic heterocycles. The smallest absolute Gasteiger partial charge is 0.396 e. The van der Waals surface area contributed by atoms with Gasteiger partial charge in [0.15, 0.2) is 0 Å². The van der Waals surface area contributed by atoms with Gasteiger partial charge in [0, 0.05) is 6.54 Å². The first-order valence-corrected chi connectivity index (χ1v) is 7.05. The van der Waals surface area contributed by atoms with Gasteiger partial charge in [0.1, 0.15) is 0 Å². The predicted octanol–water partition coefficient (Wildman–Crippen LogP) is 1.59. The van der Waals surface area contributed by atoms with E-state index in [4.69, 9.17) is 0 Å². The molecule has 0 aliphatic rings. The van der Waals surface area contributed by atoms with Crippen LogP contribution in [0.4, 0.5) is 0 Å². The summed E-state index contributed by atoms with van der Waals surface area (Å²) in [5.41, 5.74) is 0. The van der Waals surface area contributed by atoms with E-state index in [-0.39, 0.29) is 6.61 Å². The van der Waals surface area contributed by atoms with Gasteiger partial charge in [-0.15, -0.1) is 0 Å². The Labute approximate surface area is 101 Å². The van der Waals surface area contributed by atoms with Crippen LogP contribution in [0.15, 0.2) is 0 Å². The summed E-state index contributed by atoms with van der Waals surface area (Å²) in [7, 11) is 0. The molecule has 0 heterocycles. The normalized spacial score (nSPS) is 9.88. The van der Waals surface area contributed by atoms with E-state index >= 15 is 0 Å². The Morgan fingerprint density at radius 1 is 1.19 bits per heavy atom. The van der Waals surface area contributed by atoms with Gasteiger partial charge >= 0.3 is 11.9 Å². The van der Waals surface area contributed by atoms with Crippen molar-refractivity contribution >= 4 is 23.6 Å². The van der Waals surface area contributed by atoms with Gasteiger partial charge in [-0.3, -0.25) is 4.79 Å². The zero-order valence-electron chi connectivity index (χ0n) is 10.1. The largest absolute Gasteiger partial charge is 0.459 e. The van der Waals surface area contributed by atoms with Crippen molar-refractivity contribution in [2.24, 2.45) is 0 Å². The van der Waals surface area contributed by atoms with E-state index in [9.17, 15) is 9.59 Å². The first-order chi connectivity index (χ1) is 7.72. The molecule has 0 unspecified atom stereocenters. The summed E-state index contributed by atoms with van der Waals surface area (Å²) in [6.45, 7) is 2.47. The second kappa shape index (κ2) is 10.8. The Morgan fingerprint density at radius 3 is 2.50 bits per heavy atom. The second-order valence-electron chi connectivity index (χ2n) is 3.38. The number of unbranched alkanes of at least 4 members (excludes halogenated alkanes) is 3. The van der Waals surface area contributed by atoms with Crippen LogP contribution in [0.1, 0.15) is 32.6 Å². The third kappa shape index (κ3) is 8.59. The van der Waals surface area contributed by atoms with E-state index in [1.807, 2.05) is 11.8 Å². The quantitative estimate of drug-likeness (QED) is 0.402. The lowest BCUT2D eigenvalue weighted by atomic mass is 10.2. The van der Waals surface area contributed by atoms with Gasteiger partial charge in [0.05, 0.1) is 6.61 Å². The third-order valence-corrected chi connectivity index (χ3v) is 2.72. The van der Waals surface area contributed by atoms with Crippen molar-refractivity contribution in [2.45, 2.75) is 32.6 Å². The minimum absolute atomic E-state index is 0.237. The Bertz CT molecular complexity index is 209. The van der Waals surface area contributed by atoms with Crippen molar-refractivity contribution in [1.82, 2.24) is 5.32 Å². The predicted molar refractivity (Wildman–Crippen MR) is 66.5 cm³/mol. The minimum Gasteiger partial charge on any atom is -0.459 e. The molecule has 1 N–H and O–H groups in total. The topological polar surface area (TPSA) is 55.4 Å². The number of carbonyl (C=O) groups is 2. The van der Waals surface area contributed by atoms with Crippen LogP contribution < -0.4 is 5.32 Å². The van der Waals surface area contributed by atoms with Gasteiger partial charge in [-0.25, -0.2) is 4.79 Å². The zero-order valence-corrected chi connectivity index (χ0v) is 10.9. The van der Waals surface area contributed by atoms with Crippen LogP contribution in [-0.2, 0) is 14.3 Å². The summed E-state index contributed by atoms with van der Waals surface area (Å²) in [6, 6.07) is 0. The maximum atomic E-state index is 11.1. The number of nitrogens with one attached hydrogen (secondary N) is 1. The number of thioether (sulfide) groups is 1. The van der Waals surface area contributed by atoms with E-state index in [2.05, 4.69) is 16.3 Å². The van der Waals surface area contributed by atoms with Crippen molar-refractivity contribution in [3.63, 3.8) is 0 Å². The fourth-order valence-electron chi connectivity index (χ4n) is 1.20. The summed E-state index contributed by atoms with van der Waals surface area (Å²) in [5.74, 6) is -0.231. The highest BCUT2D eigenvalue weighted by molar-refractivity contribution is 7.98. The standard InChI is InChI=1S/C11H21NO3S/c1-3-15-11(14)10(13)12-8-6-4-5-7-9-16-2/h3-9H2,1-2H3,(H,12,13). The Hall–Kier alpha value is -0.710. The number of carbonyl (C=O) groups excluding carboxylic acids is 2. The Kier molecular flexibility index (Phi) is 10.3. The summed E-state index contributed by atoms with van der Waals surface area (Å²) < 4.78 is 4.56. The number of hydrogen-bond acceptors (Lipinski definition) is 4. The Balaban J connectivity index is 3.31. The molecule has 0 aromatic carbocycles. The maximum Gasteiger partial charge on any atom is 0.396 e. The number of esters is 1. The molecule has 0 rings (SSSR count). The van der Waals surface area contributed by atoms with Gasteiger partial charge in [-0.05, 0) is 31.8 Å². The van der Waals surface area contributed by atoms with E-state index in [0.29, 0.717) is 6.54 Å². The SMILES string of the molecule is CCOC(=O)C(=O)NCCCCCCSC. The average molecular weight is 247 g/mol. The van der Waals surface area contributed by atoms with Gasteiger partial charge in [-0.1, -0.05) is 12.8 Å². The fraction of sp³-hybridized carbons (Fsp3) is 0.818. The average Bonchev–Trinajstić information content (AvgIpc) is 2.28. The molecule has 0 bridgehead atoms. The first-order valence-electron chi connectivity index (χ1n) is 5.66. The highest BCUT2D eigenvalue weighted by Crippen LogP contribution is 2.03. The van der Waals surface area contributed by atoms with Crippen molar-refractivity contribution in [2.75, 3.05) is 25.2 Å². The molecule has 0 aromatic rings. The van der Waals surface area contributed by atoms with Crippen LogP contribution in [0.5, 0.6) is 0 Å². The summed E-state index contributed by atoms with van der Waals surface area (Å²) in [5, 5.41) is 2.54. The van der Waals surface area contributed by atoms with Crippen LogP contribution in [0, 0.1) is 0 Å². The van der Waals surface area contributed by atoms with Crippen LogP contribution in [-0.4, -0.2) is 37.0 Å². The number of hydrogen-bond donors (Lipinski definition) is 1. The molecule has 0 aliphatic carbocycles. The first kappa shape index (κ1) is 15.3. The summed E-state index contributed by atoms with van der Waals surface area (Å²) >= 11 is 1.85. The molecular formula is C11H21NO3S. The molecule has 4 nitrogen and oxygen atoms in total. The summed E-state index contributed by atoms with van der Waals surface area (Å²) in [4.78, 5) is 22.0. The van der Waals surface area contributed by atoms with Crippen LogP contribution in [0.3, 0.4) is 0 Å². The molecule has 16 heavy (non-hydrogen) atoms. The molecule has 0 radical (unpaired) electrons. The lowest BCUT2D eigenvalue weighted by molar-refractivity contribution is -0.154. The molecule has 1 amide bonds. The number of rotatable bonds is 8. The Morgan fingerprint density at radius 2 is 1.88 bits per heavy atom. The molecule has 0 saturated heterocycles. The monoisotopic (exact) mass is 247 g/mol. The van der Waals surface area contributed by atoms with E-state index in [0.717, 1.165) is 12.8 Å². The van der Waals surface area contributed by atoms with E-state index in [1.54, 1.807) is 6.92 Å². The van der Waals surface area contributed by atoms with Crippen LogP contribution in [0.25, 0.3) is 0 Å². The molecule has 0 spiro atoms. The summed E-state index contributed by atoms with van der Waals surface area (Å²) in [6.07, 6.45) is 6.49. The van der Waals surface area contributed by atoms with Crippen molar-refractivity contribution in [3.8, 4) is 0 Å². The van der Waals surface area contributed by atoms with Gasteiger partial charge < -0.3 is 10.1 Å². The molecule has 5 heteroatoms. The number of amides is 1. The zero-order chi connectivity index (χ0) is 12.2. The van der Waals surface area contributed by atoms with Crippen molar-refractivity contribution < 1.29 is 14.3 Å². The van der Waals surface area contributed by atoms with Gasteiger partial charge in [0.2, 0.25) is 0 Å². The molecule has 0 fully saturated rings. The number of ether oxygens (including phenoxy) is 1. The molecule has 94 valence electrons. The van der Waals surface area contributed by atoms with Crippen molar-refractivity contribution in [3.05, 3.63) is 0 Å². The van der Waals surface area contributed by atoms with Crippen LogP contribution >= 0.6 is 11.8 Å². The van der Waals surface area contributed by atoms with Crippen molar-refractivity contribution in [1.29, 1.82) is 0 Å². The van der Waals surface area contributed by atoms with Gasteiger partial charge in [-0.2, -0.15) is 11.8 Å². The molecular weight excluding hydrogens is 226 g/mol. The van der Waals surface area contributed by atoms with Crippen LogP contribution in [0.2, 0.25) is 0 Å². The fourth-order valence-corrected chi connectivity index (χ4v) is 1.69. The van der Waals surface area contributed by atoms with E-state index < -0.39 is 11.9 Å². The lowest BCUT2D eigenvalue weighted by Gasteiger charge is -2.04. The lowest BCUT2D eigenvalue weighted by Crippen LogP contribution is -2.33. The molecule has 0 saturated carbocycles. The van der Waals surface area contributed by atoms with E-state index in [1.165, 1.54) is 18.6 Å². The molecule has 0 atom stereocenters. The second-order valence-corrected chi connectivity index (χ2v) is 4.37.